The maximum atomic E-state index is 5.99. The highest BCUT2D eigenvalue weighted by Crippen LogP contribution is 2.37. The van der Waals surface area contributed by atoms with Crippen molar-refractivity contribution in [3.63, 3.8) is 0 Å². The van der Waals surface area contributed by atoms with E-state index < -0.39 is 0 Å². The lowest BCUT2D eigenvalue weighted by Crippen LogP contribution is -2.38. The van der Waals surface area contributed by atoms with Crippen LogP contribution in [0.4, 0.5) is 5.95 Å². The minimum absolute atomic E-state index is 0.189. The van der Waals surface area contributed by atoms with Crippen LogP contribution in [0.1, 0.15) is 52.9 Å². The Bertz CT molecular complexity index is 471. The zero-order valence-electron chi connectivity index (χ0n) is 13.4. The lowest BCUT2D eigenvalue weighted by atomic mass is 9.75. The molecule has 1 heterocycles. The van der Waals surface area contributed by atoms with Gasteiger partial charge in [-0.1, -0.05) is 20.8 Å². The van der Waals surface area contributed by atoms with E-state index in [0.717, 1.165) is 19.3 Å². The van der Waals surface area contributed by atoms with Crippen molar-refractivity contribution in [3.8, 4) is 6.01 Å². The number of rotatable bonds is 5. The summed E-state index contributed by atoms with van der Waals surface area (Å²) in [7, 11) is 2.03. The molecule has 0 bridgehead atoms. The summed E-state index contributed by atoms with van der Waals surface area (Å²) in [6, 6.07) is 0.769. The second-order valence-corrected chi connectivity index (χ2v) is 6.88. The monoisotopic (exact) mass is 312 g/mol. The molecule has 0 atom stereocenters. The fourth-order valence-corrected chi connectivity index (χ4v) is 2.82. The van der Waals surface area contributed by atoms with E-state index in [2.05, 4.69) is 33.7 Å². The van der Waals surface area contributed by atoms with Gasteiger partial charge in [0.2, 0.25) is 11.2 Å². The van der Waals surface area contributed by atoms with Gasteiger partial charge in [0.15, 0.2) is 0 Å². The molecule has 21 heavy (non-hydrogen) atoms. The van der Waals surface area contributed by atoms with Gasteiger partial charge in [-0.05, 0) is 49.1 Å². The van der Waals surface area contributed by atoms with Crippen molar-refractivity contribution < 1.29 is 4.74 Å². The Hall–Kier alpha value is -1.10. The van der Waals surface area contributed by atoms with Crippen LogP contribution in [0.2, 0.25) is 5.28 Å². The molecule has 0 spiro atoms. The van der Waals surface area contributed by atoms with Crippen LogP contribution >= 0.6 is 11.6 Å². The lowest BCUT2D eigenvalue weighted by molar-refractivity contribution is 0.221. The van der Waals surface area contributed by atoms with Crippen molar-refractivity contribution in [2.24, 2.45) is 5.41 Å². The second-order valence-electron chi connectivity index (χ2n) is 6.54. The fourth-order valence-electron chi connectivity index (χ4n) is 2.67. The Labute approximate surface area is 132 Å². The Kier molecular flexibility index (Phi) is 5.25. The highest BCUT2D eigenvalue weighted by molar-refractivity contribution is 6.28. The van der Waals surface area contributed by atoms with Gasteiger partial charge in [-0.2, -0.15) is 15.0 Å². The molecule has 1 fully saturated rings. The highest BCUT2D eigenvalue weighted by Gasteiger charge is 2.30. The van der Waals surface area contributed by atoms with Crippen molar-refractivity contribution in [2.45, 2.75) is 58.9 Å². The summed E-state index contributed by atoms with van der Waals surface area (Å²) in [5.41, 5.74) is 0.448. The number of anilines is 1. The van der Waals surface area contributed by atoms with E-state index in [1.165, 1.54) is 12.8 Å². The number of aromatic nitrogens is 3. The van der Waals surface area contributed by atoms with Crippen molar-refractivity contribution in [3.05, 3.63) is 5.28 Å². The molecule has 0 aromatic carbocycles. The Morgan fingerprint density at radius 1 is 1.24 bits per heavy atom. The summed E-state index contributed by atoms with van der Waals surface area (Å²) in [5.74, 6) is 0.603. The summed E-state index contributed by atoms with van der Waals surface area (Å²) >= 11 is 5.99. The number of nitrogens with zero attached hydrogens (tertiary/aromatic N) is 4. The third-order valence-corrected chi connectivity index (χ3v) is 4.35. The first-order chi connectivity index (χ1) is 9.91. The predicted octanol–water partition coefficient (Wildman–Crippen LogP) is 3.72. The van der Waals surface area contributed by atoms with Crippen molar-refractivity contribution in [2.75, 3.05) is 18.6 Å². The van der Waals surface area contributed by atoms with Crippen LogP contribution in [0.3, 0.4) is 0 Å². The van der Waals surface area contributed by atoms with Crippen LogP contribution in [0, 0.1) is 5.41 Å². The normalized spacial score (nSPS) is 18.5. The summed E-state index contributed by atoms with van der Waals surface area (Å²) in [4.78, 5) is 14.8. The first kappa shape index (κ1) is 16.3. The molecule has 0 amide bonds. The molecule has 0 saturated heterocycles. The van der Waals surface area contributed by atoms with Crippen LogP contribution in [0.5, 0.6) is 6.01 Å². The van der Waals surface area contributed by atoms with Crippen LogP contribution in [-0.2, 0) is 0 Å². The van der Waals surface area contributed by atoms with Gasteiger partial charge in [0.05, 0.1) is 6.61 Å². The van der Waals surface area contributed by atoms with E-state index in [4.69, 9.17) is 16.3 Å². The second kappa shape index (κ2) is 6.77. The Balaban J connectivity index is 2.08. The van der Waals surface area contributed by atoms with Crippen LogP contribution in [0.15, 0.2) is 0 Å². The predicted molar refractivity (Wildman–Crippen MR) is 85.1 cm³/mol. The molecule has 0 N–H and O–H groups in total. The zero-order chi connectivity index (χ0) is 15.5. The summed E-state index contributed by atoms with van der Waals surface area (Å²) < 4.78 is 5.47. The standard InChI is InChI=1S/C15H25ClN4O/c1-5-10-21-14-18-12(16)17-13(19-14)20(4)11-6-8-15(2,3)9-7-11/h11H,5-10H2,1-4H3. The minimum Gasteiger partial charge on any atom is -0.463 e. The largest absolute Gasteiger partial charge is 0.463 e. The summed E-state index contributed by atoms with van der Waals surface area (Å²) in [6.07, 6.45) is 5.65. The molecule has 1 saturated carbocycles. The van der Waals surface area contributed by atoms with Gasteiger partial charge in [-0.15, -0.1) is 0 Å². The van der Waals surface area contributed by atoms with Gasteiger partial charge >= 0.3 is 6.01 Å². The molecule has 0 unspecified atom stereocenters. The van der Waals surface area contributed by atoms with Gasteiger partial charge in [0.25, 0.3) is 0 Å². The fraction of sp³-hybridized carbons (Fsp3) is 0.800. The average Bonchev–Trinajstić information content (AvgIpc) is 2.44. The van der Waals surface area contributed by atoms with Gasteiger partial charge in [-0.25, -0.2) is 0 Å². The smallest absolute Gasteiger partial charge is 0.322 e. The average molecular weight is 313 g/mol. The third-order valence-electron chi connectivity index (χ3n) is 4.18. The number of hydrogen-bond donors (Lipinski definition) is 0. The van der Waals surface area contributed by atoms with Gasteiger partial charge in [0, 0.05) is 13.1 Å². The van der Waals surface area contributed by atoms with Crippen molar-refractivity contribution >= 4 is 17.5 Å². The molecular weight excluding hydrogens is 288 g/mol. The van der Waals surface area contributed by atoms with Crippen LogP contribution in [-0.4, -0.2) is 34.6 Å². The Morgan fingerprint density at radius 2 is 1.90 bits per heavy atom. The van der Waals surface area contributed by atoms with Crippen LogP contribution in [0.25, 0.3) is 0 Å². The van der Waals surface area contributed by atoms with Crippen molar-refractivity contribution in [1.82, 2.24) is 15.0 Å². The molecule has 1 aliphatic rings. The molecule has 5 nitrogen and oxygen atoms in total. The molecule has 1 aromatic rings. The van der Waals surface area contributed by atoms with E-state index >= 15 is 0 Å². The molecular formula is C15H25ClN4O. The van der Waals surface area contributed by atoms with Crippen LogP contribution < -0.4 is 9.64 Å². The summed E-state index contributed by atoms with van der Waals surface area (Å²) in [6.45, 7) is 7.29. The molecule has 2 rings (SSSR count). The number of halogens is 1. The Morgan fingerprint density at radius 3 is 2.52 bits per heavy atom. The van der Waals surface area contributed by atoms with Crippen molar-refractivity contribution in [1.29, 1.82) is 0 Å². The topological polar surface area (TPSA) is 51.1 Å². The number of ether oxygens (including phenoxy) is 1. The molecule has 6 heteroatoms. The van der Waals surface area contributed by atoms with Gasteiger partial charge in [0.1, 0.15) is 0 Å². The van der Waals surface area contributed by atoms with E-state index in [1.807, 2.05) is 14.0 Å². The van der Waals surface area contributed by atoms with E-state index in [-0.39, 0.29) is 5.28 Å². The molecule has 0 aliphatic heterocycles. The zero-order valence-corrected chi connectivity index (χ0v) is 14.2. The maximum Gasteiger partial charge on any atom is 0.322 e. The van der Waals surface area contributed by atoms with E-state index in [0.29, 0.717) is 30.0 Å². The van der Waals surface area contributed by atoms with Gasteiger partial charge < -0.3 is 9.64 Å². The lowest BCUT2D eigenvalue weighted by Gasteiger charge is -2.38. The minimum atomic E-state index is 0.189. The molecule has 1 aromatic heterocycles. The van der Waals surface area contributed by atoms with E-state index in [1.54, 1.807) is 0 Å². The SMILES string of the molecule is CCCOc1nc(Cl)nc(N(C)C2CCC(C)(C)CC2)n1. The first-order valence-electron chi connectivity index (χ1n) is 7.68. The quantitative estimate of drug-likeness (QED) is 0.829. The van der Waals surface area contributed by atoms with Gasteiger partial charge in [-0.3, -0.25) is 0 Å². The molecule has 118 valence electrons. The highest BCUT2D eigenvalue weighted by atomic mass is 35.5. The molecule has 0 radical (unpaired) electrons. The molecule has 1 aliphatic carbocycles. The van der Waals surface area contributed by atoms with E-state index in [9.17, 15) is 0 Å². The number of hydrogen-bond acceptors (Lipinski definition) is 5. The summed E-state index contributed by atoms with van der Waals surface area (Å²) in [5, 5.41) is 0.189. The third kappa shape index (κ3) is 4.43. The maximum absolute atomic E-state index is 5.99. The first-order valence-corrected chi connectivity index (χ1v) is 8.06.